The van der Waals surface area contributed by atoms with E-state index < -0.39 is 32.6 Å². The van der Waals surface area contributed by atoms with Crippen molar-refractivity contribution in [2.24, 2.45) is 0 Å². The van der Waals surface area contributed by atoms with Gasteiger partial charge in [-0.2, -0.15) is 0 Å². The molecule has 0 heterocycles. The lowest BCUT2D eigenvalue weighted by Crippen LogP contribution is -2.32. The minimum atomic E-state index is -3.85. The number of rotatable bonds is 5. The van der Waals surface area contributed by atoms with Crippen LogP contribution in [0, 0.1) is 6.92 Å². The molecule has 0 aliphatic heterocycles. The van der Waals surface area contributed by atoms with Gasteiger partial charge >= 0.3 is 5.97 Å². The number of benzene rings is 1. The summed E-state index contributed by atoms with van der Waals surface area (Å²) in [5.74, 6) is -2.19. The molecule has 0 aromatic heterocycles. The average molecular weight is 284 g/mol. The summed E-state index contributed by atoms with van der Waals surface area (Å²) in [6.07, 6.45) is 0. The summed E-state index contributed by atoms with van der Waals surface area (Å²) < 4.78 is 28.0. The van der Waals surface area contributed by atoms with Gasteiger partial charge in [0.15, 0.2) is 15.6 Å². The smallest absolute Gasteiger partial charge is 0.320 e. The molecule has 0 aliphatic rings. The highest BCUT2D eigenvalue weighted by Crippen LogP contribution is 2.12. The van der Waals surface area contributed by atoms with E-state index >= 15 is 0 Å². The van der Waals surface area contributed by atoms with Crippen LogP contribution in [0.2, 0.25) is 0 Å². The van der Waals surface area contributed by atoms with Crippen LogP contribution in [-0.4, -0.2) is 38.3 Å². The van der Waals surface area contributed by atoms with E-state index in [1.807, 2.05) is 6.92 Å². The van der Waals surface area contributed by atoms with E-state index in [-0.39, 0.29) is 0 Å². The van der Waals surface area contributed by atoms with Gasteiger partial charge in [-0.1, -0.05) is 29.8 Å². The van der Waals surface area contributed by atoms with Gasteiger partial charge in [0.25, 0.3) is 0 Å². The second-order valence-electron chi connectivity index (χ2n) is 4.26. The van der Waals surface area contributed by atoms with Crippen molar-refractivity contribution in [3.05, 3.63) is 35.4 Å². The molecule has 0 saturated heterocycles. The van der Waals surface area contributed by atoms with Crippen LogP contribution in [0.25, 0.3) is 0 Å². The number of methoxy groups -OCH3 is 1. The fourth-order valence-electron chi connectivity index (χ4n) is 1.46. The van der Waals surface area contributed by atoms with Crippen molar-refractivity contribution < 1.29 is 22.7 Å². The summed E-state index contributed by atoms with van der Waals surface area (Å²) in [6.45, 7) is 3.14. The van der Waals surface area contributed by atoms with Crippen LogP contribution in [0.5, 0.6) is 0 Å². The molecule has 0 saturated carbocycles. The minimum absolute atomic E-state index is 0.312. The number of hydrogen-bond acceptors (Lipinski definition) is 5. The Kier molecular flexibility index (Phi) is 4.83. The molecule has 0 spiro atoms. The molecule has 0 fully saturated rings. The first-order chi connectivity index (χ1) is 8.77. The van der Waals surface area contributed by atoms with Crippen molar-refractivity contribution in [3.8, 4) is 0 Å². The van der Waals surface area contributed by atoms with Crippen molar-refractivity contribution in [2.45, 2.75) is 19.1 Å². The number of esters is 1. The van der Waals surface area contributed by atoms with Crippen molar-refractivity contribution in [2.75, 3.05) is 12.9 Å². The number of ether oxygens (including phenoxy) is 1. The Labute approximate surface area is 112 Å². The zero-order chi connectivity index (χ0) is 14.6. The van der Waals surface area contributed by atoms with Crippen molar-refractivity contribution in [3.63, 3.8) is 0 Å². The highest BCUT2D eigenvalue weighted by atomic mass is 32.2. The summed E-state index contributed by atoms with van der Waals surface area (Å²) >= 11 is 0. The summed E-state index contributed by atoms with van der Waals surface area (Å²) in [7, 11) is -2.75. The first-order valence-corrected chi connectivity index (χ1v) is 7.38. The number of sulfone groups is 1. The maximum Gasteiger partial charge on any atom is 0.320 e. The largest absolute Gasteiger partial charge is 0.468 e. The average Bonchev–Trinajstić information content (AvgIpc) is 2.37. The van der Waals surface area contributed by atoms with Crippen molar-refractivity contribution in [1.82, 2.24) is 0 Å². The van der Waals surface area contributed by atoms with Gasteiger partial charge < -0.3 is 4.74 Å². The van der Waals surface area contributed by atoms with E-state index in [1.54, 1.807) is 24.3 Å². The molecule has 19 heavy (non-hydrogen) atoms. The number of ketones is 1. The Morgan fingerprint density at radius 3 is 2.21 bits per heavy atom. The van der Waals surface area contributed by atoms with E-state index in [1.165, 1.54) is 6.92 Å². The molecule has 1 aromatic carbocycles. The third-order valence-corrected chi connectivity index (χ3v) is 4.72. The first-order valence-electron chi connectivity index (χ1n) is 5.67. The molecule has 5 nitrogen and oxygen atoms in total. The van der Waals surface area contributed by atoms with Gasteiger partial charge in [-0.3, -0.25) is 9.59 Å². The number of hydrogen-bond donors (Lipinski definition) is 0. The molecular weight excluding hydrogens is 268 g/mol. The maximum atomic E-state index is 12.0. The number of Topliss-reactive ketones (excluding diaryl/α,β-unsaturated/α-hetero) is 1. The van der Waals surface area contributed by atoms with Crippen LogP contribution in [0.4, 0.5) is 0 Å². The summed E-state index contributed by atoms with van der Waals surface area (Å²) in [4.78, 5) is 23.1. The molecule has 1 aromatic rings. The molecule has 0 N–H and O–H groups in total. The predicted octanol–water partition coefficient (Wildman–Crippen LogP) is 1.15. The van der Waals surface area contributed by atoms with Crippen LogP contribution >= 0.6 is 0 Å². The third-order valence-electron chi connectivity index (χ3n) is 2.79. The molecule has 104 valence electrons. The summed E-state index contributed by atoms with van der Waals surface area (Å²) in [6, 6.07) is 6.60. The molecular formula is C13H16O5S. The van der Waals surface area contributed by atoms with Gasteiger partial charge in [-0.15, -0.1) is 0 Å². The number of carbonyl (C=O) groups is 2. The van der Waals surface area contributed by atoms with Crippen LogP contribution in [0.3, 0.4) is 0 Å². The van der Waals surface area contributed by atoms with Crippen molar-refractivity contribution in [1.29, 1.82) is 0 Å². The maximum absolute atomic E-state index is 12.0. The molecule has 1 atom stereocenters. The van der Waals surface area contributed by atoms with E-state index in [4.69, 9.17) is 0 Å². The fraction of sp³-hybridized carbons (Fsp3) is 0.385. The Morgan fingerprint density at radius 2 is 1.74 bits per heavy atom. The highest BCUT2D eigenvalue weighted by Gasteiger charge is 2.31. The molecule has 1 rings (SSSR count). The zero-order valence-corrected chi connectivity index (χ0v) is 11.9. The van der Waals surface area contributed by atoms with Crippen molar-refractivity contribution >= 4 is 21.6 Å². The van der Waals surface area contributed by atoms with Crippen LogP contribution in [0.15, 0.2) is 24.3 Å². The Morgan fingerprint density at radius 1 is 1.21 bits per heavy atom. The van der Waals surface area contributed by atoms with Gasteiger partial charge in [-0.05, 0) is 13.8 Å². The van der Waals surface area contributed by atoms with Gasteiger partial charge in [-0.25, -0.2) is 8.42 Å². The predicted molar refractivity (Wildman–Crippen MR) is 70.8 cm³/mol. The number of carbonyl (C=O) groups excluding carboxylic acids is 2. The molecule has 6 heteroatoms. The van der Waals surface area contributed by atoms with E-state index in [0.717, 1.165) is 12.7 Å². The summed E-state index contributed by atoms with van der Waals surface area (Å²) in [5, 5.41) is -1.27. The van der Waals surface area contributed by atoms with Gasteiger partial charge in [0, 0.05) is 5.56 Å². The van der Waals surface area contributed by atoms with E-state index in [2.05, 4.69) is 4.74 Å². The quantitative estimate of drug-likeness (QED) is 0.599. The monoisotopic (exact) mass is 284 g/mol. The van der Waals surface area contributed by atoms with E-state index in [9.17, 15) is 18.0 Å². The fourth-order valence-corrected chi connectivity index (χ4v) is 2.62. The Balaban J connectivity index is 2.93. The summed E-state index contributed by atoms with van der Waals surface area (Å²) in [5.41, 5.74) is 1.29. The lowest BCUT2D eigenvalue weighted by atomic mass is 10.1. The number of aryl methyl sites for hydroxylation is 1. The second-order valence-corrected chi connectivity index (χ2v) is 6.58. The first kappa shape index (κ1) is 15.4. The van der Waals surface area contributed by atoms with Crippen LogP contribution in [0.1, 0.15) is 22.8 Å². The highest BCUT2D eigenvalue weighted by molar-refractivity contribution is 7.93. The van der Waals surface area contributed by atoms with E-state index in [0.29, 0.717) is 5.56 Å². The Bertz CT molecular complexity index is 572. The normalized spacial score (nSPS) is 12.8. The molecule has 0 amide bonds. The minimum Gasteiger partial charge on any atom is -0.468 e. The molecule has 0 bridgehead atoms. The van der Waals surface area contributed by atoms with Gasteiger partial charge in [0.05, 0.1) is 7.11 Å². The van der Waals surface area contributed by atoms with Gasteiger partial charge in [0.2, 0.25) is 0 Å². The molecule has 1 unspecified atom stereocenters. The molecule has 0 aliphatic carbocycles. The third kappa shape index (κ3) is 3.89. The lowest BCUT2D eigenvalue weighted by Gasteiger charge is -2.11. The van der Waals surface area contributed by atoms with Gasteiger partial charge in [0.1, 0.15) is 11.0 Å². The topological polar surface area (TPSA) is 77.5 Å². The SMILES string of the molecule is COC(=O)CS(=O)(=O)C(C)C(=O)c1ccc(C)cc1. The zero-order valence-electron chi connectivity index (χ0n) is 11.0. The second kappa shape index (κ2) is 5.97. The lowest BCUT2D eigenvalue weighted by molar-refractivity contribution is -0.137. The van der Waals surface area contributed by atoms with Crippen LogP contribution in [-0.2, 0) is 19.4 Å². The van der Waals surface area contributed by atoms with Crippen LogP contribution < -0.4 is 0 Å². The Hall–Kier alpha value is -1.69. The molecule has 0 radical (unpaired) electrons. The standard InChI is InChI=1S/C13H16O5S/c1-9-4-6-11(7-5-9)13(15)10(2)19(16,17)8-12(14)18-3/h4-7,10H,8H2,1-3H3.